The summed E-state index contributed by atoms with van der Waals surface area (Å²) < 4.78 is 38.2. The molecule has 1 N–H and O–H groups in total. The first-order valence-corrected chi connectivity index (χ1v) is 7.66. The van der Waals surface area contributed by atoms with Crippen LogP contribution in [-0.4, -0.2) is 32.6 Å². The van der Waals surface area contributed by atoms with Crippen LogP contribution in [0.1, 0.15) is 44.7 Å². The van der Waals surface area contributed by atoms with Gasteiger partial charge in [-0.1, -0.05) is 25.6 Å². The summed E-state index contributed by atoms with van der Waals surface area (Å²) in [6, 6.07) is 0. The molecule has 0 aliphatic carbocycles. The van der Waals surface area contributed by atoms with Crippen LogP contribution in [0.3, 0.4) is 0 Å². The van der Waals surface area contributed by atoms with Gasteiger partial charge in [0.2, 0.25) is 0 Å². The summed E-state index contributed by atoms with van der Waals surface area (Å²) in [5, 5.41) is 9.25. The smallest absolute Gasteiger partial charge is 0.389 e. The average Bonchev–Trinajstić information content (AvgIpc) is 2.74. The van der Waals surface area contributed by atoms with Crippen LogP contribution < -0.4 is 0 Å². The number of aliphatic carboxylic acids is 1. The molecule has 0 aromatic carbocycles. The summed E-state index contributed by atoms with van der Waals surface area (Å²) in [7, 11) is 0. The Morgan fingerprint density at radius 3 is 2.62 bits per heavy atom. The average molecular weight is 324 g/mol. The van der Waals surface area contributed by atoms with Crippen LogP contribution in [0.4, 0.5) is 13.2 Å². The fraction of sp³-hybridized carbons (Fsp3) is 0.692. The summed E-state index contributed by atoms with van der Waals surface area (Å²) in [5.41, 5.74) is 0.912. The van der Waals surface area contributed by atoms with Crippen LogP contribution in [0.15, 0.2) is 11.4 Å². The van der Waals surface area contributed by atoms with E-state index in [0.717, 1.165) is 17.5 Å². The van der Waals surface area contributed by atoms with E-state index in [4.69, 9.17) is 5.11 Å². The van der Waals surface area contributed by atoms with Gasteiger partial charge < -0.3 is 9.67 Å². The Labute approximate surface area is 125 Å². The van der Waals surface area contributed by atoms with Crippen molar-refractivity contribution < 1.29 is 23.1 Å². The molecule has 0 unspecified atom stereocenters. The molecular weight excluding hydrogens is 305 g/mol. The molecule has 1 heterocycles. The molecule has 0 saturated carbocycles. The maximum absolute atomic E-state index is 12.1. The van der Waals surface area contributed by atoms with Crippen molar-refractivity contribution in [3.63, 3.8) is 0 Å². The number of carboxylic acid groups (broad SMARTS) is 1. The van der Waals surface area contributed by atoms with Crippen LogP contribution in [0, 0.1) is 0 Å². The predicted molar refractivity (Wildman–Crippen MR) is 74.6 cm³/mol. The van der Waals surface area contributed by atoms with Crippen molar-refractivity contribution in [3.8, 4) is 0 Å². The Balaban J connectivity index is 2.67. The van der Waals surface area contributed by atoms with Gasteiger partial charge in [0.25, 0.3) is 0 Å². The van der Waals surface area contributed by atoms with Crippen molar-refractivity contribution in [1.82, 2.24) is 9.55 Å². The molecule has 0 amide bonds. The normalized spacial score (nSPS) is 12.1. The summed E-state index contributed by atoms with van der Waals surface area (Å²) in [6.07, 6.45) is -2.82. The lowest BCUT2D eigenvalue weighted by atomic mass is 10.1. The molecule has 0 aliphatic heterocycles. The van der Waals surface area contributed by atoms with Gasteiger partial charge in [-0.25, -0.2) is 4.98 Å². The SMILES string of the molecule is CC(C)c1cnc(SCC(=O)O)n1CCCCC(F)(F)F. The van der Waals surface area contributed by atoms with E-state index in [9.17, 15) is 18.0 Å². The molecule has 120 valence electrons. The highest BCUT2D eigenvalue weighted by Gasteiger charge is 2.26. The Kier molecular flexibility index (Phi) is 6.57. The van der Waals surface area contributed by atoms with E-state index < -0.39 is 18.6 Å². The molecule has 0 radical (unpaired) electrons. The first-order chi connectivity index (χ1) is 9.70. The quantitative estimate of drug-likeness (QED) is 0.582. The van der Waals surface area contributed by atoms with Crippen molar-refractivity contribution in [3.05, 3.63) is 11.9 Å². The number of nitrogens with zero attached hydrogens (tertiary/aromatic N) is 2. The lowest BCUT2D eigenvalue weighted by Gasteiger charge is -2.14. The van der Waals surface area contributed by atoms with Crippen LogP contribution in [0.2, 0.25) is 0 Å². The topological polar surface area (TPSA) is 55.1 Å². The van der Waals surface area contributed by atoms with E-state index in [1.54, 1.807) is 6.20 Å². The van der Waals surface area contributed by atoms with E-state index in [1.165, 1.54) is 0 Å². The summed E-state index contributed by atoms with van der Waals surface area (Å²) >= 11 is 1.09. The lowest BCUT2D eigenvalue weighted by molar-refractivity contribution is -0.136. The van der Waals surface area contributed by atoms with Crippen molar-refractivity contribution in [2.45, 2.75) is 56.9 Å². The molecule has 0 spiro atoms. The van der Waals surface area contributed by atoms with Gasteiger partial charge in [-0.3, -0.25) is 4.79 Å². The number of hydrogen-bond acceptors (Lipinski definition) is 3. The molecule has 0 bridgehead atoms. The van der Waals surface area contributed by atoms with Crippen molar-refractivity contribution in [2.24, 2.45) is 0 Å². The zero-order chi connectivity index (χ0) is 16.0. The Morgan fingerprint density at radius 2 is 2.10 bits per heavy atom. The van der Waals surface area contributed by atoms with Gasteiger partial charge in [0.1, 0.15) is 0 Å². The molecule has 0 atom stereocenters. The number of carbonyl (C=O) groups is 1. The van der Waals surface area contributed by atoms with Crippen LogP contribution in [0.25, 0.3) is 0 Å². The third kappa shape index (κ3) is 6.41. The lowest BCUT2D eigenvalue weighted by Crippen LogP contribution is -2.10. The van der Waals surface area contributed by atoms with Gasteiger partial charge in [-0.2, -0.15) is 13.2 Å². The number of halogens is 3. The van der Waals surface area contributed by atoms with E-state index in [-0.39, 0.29) is 18.1 Å². The second-order valence-corrected chi connectivity index (χ2v) is 5.97. The molecule has 21 heavy (non-hydrogen) atoms. The van der Waals surface area contributed by atoms with Crippen LogP contribution in [-0.2, 0) is 11.3 Å². The summed E-state index contributed by atoms with van der Waals surface area (Å²) in [6.45, 7) is 4.36. The highest BCUT2D eigenvalue weighted by molar-refractivity contribution is 7.99. The minimum absolute atomic E-state index is 0.0578. The van der Waals surface area contributed by atoms with Crippen molar-refractivity contribution in [1.29, 1.82) is 0 Å². The first kappa shape index (κ1) is 17.9. The minimum Gasteiger partial charge on any atom is -0.481 e. The molecule has 8 heteroatoms. The zero-order valence-electron chi connectivity index (χ0n) is 12.0. The maximum Gasteiger partial charge on any atom is 0.389 e. The molecule has 4 nitrogen and oxygen atoms in total. The van der Waals surface area contributed by atoms with Gasteiger partial charge in [0, 0.05) is 24.9 Å². The molecule has 1 aromatic rings. The monoisotopic (exact) mass is 324 g/mol. The summed E-state index contributed by atoms with van der Waals surface area (Å²) in [5.74, 6) is -0.881. The Bertz CT molecular complexity index is 472. The maximum atomic E-state index is 12.1. The van der Waals surface area contributed by atoms with E-state index in [0.29, 0.717) is 18.1 Å². The molecule has 1 aromatic heterocycles. The van der Waals surface area contributed by atoms with E-state index in [1.807, 2.05) is 18.4 Å². The fourth-order valence-electron chi connectivity index (χ4n) is 1.89. The largest absolute Gasteiger partial charge is 0.481 e. The molecule has 0 aliphatic rings. The molecule has 1 rings (SSSR count). The third-order valence-corrected chi connectivity index (χ3v) is 3.83. The van der Waals surface area contributed by atoms with Gasteiger partial charge in [-0.15, -0.1) is 0 Å². The predicted octanol–water partition coefficient (Wildman–Crippen LogP) is 3.92. The third-order valence-electron chi connectivity index (χ3n) is 2.86. The fourth-order valence-corrected chi connectivity index (χ4v) is 2.63. The molecule has 0 fully saturated rings. The highest BCUT2D eigenvalue weighted by atomic mass is 32.2. The van der Waals surface area contributed by atoms with Crippen molar-refractivity contribution in [2.75, 3.05) is 5.75 Å². The van der Waals surface area contributed by atoms with Crippen LogP contribution >= 0.6 is 11.8 Å². The number of rotatable bonds is 8. The standard InChI is InChI=1S/C13H19F3N2O2S/c1-9(2)10-7-17-12(21-8-11(19)20)18(10)6-4-3-5-13(14,15)16/h7,9H,3-6,8H2,1-2H3,(H,19,20). The zero-order valence-corrected chi connectivity index (χ0v) is 12.8. The number of aromatic nitrogens is 2. The van der Waals surface area contributed by atoms with E-state index in [2.05, 4.69) is 4.98 Å². The Hall–Kier alpha value is -1.18. The molecular formula is C13H19F3N2O2S. The number of thioether (sulfide) groups is 1. The number of unbranched alkanes of at least 4 members (excludes halogenated alkanes) is 1. The van der Waals surface area contributed by atoms with Gasteiger partial charge >= 0.3 is 12.1 Å². The van der Waals surface area contributed by atoms with Gasteiger partial charge in [-0.05, 0) is 18.8 Å². The second-order valence-electron chi connectivity index (χ2n) is 5.03. The Morgan fingerprint density at radius 1 is 1.43 bits per heavy atom. The minimum atomic E-state index is -4.13. The number of alkyl halides is 3. The number of carboxylic acids is 1. The second kappa shape index (κ2) is 7.72. The number of imidazole rings is 1. The summed E-state index contributed by atoms with van der Waals surface area (Å²) in [4.78, 5) is 14.8. The first-order valence-electron chi connectivity index (χ1n) is 6.67. The van der Waals surface area contributed by atoms with E-state index >= 15 is 0 Å². The number of hydrogen-bond donors (Lipinski definition) is 1. The van der Waals surface area contributed by atoms with Crippen molar-refractivity contribution >= 4 is 17.7 Å². The van der Waals surface area contributed by atoms with Crippen LogP contribution in [0.5, 0.6) is 0 Å². The molecule has 0 saturated heterocycles. The van der Waals surface area contributed by atoms with Gasteiger partial charge in [0.05, 0.1) is 5.75 Å². The highest BCUT2D eigenvalue weighted by Crippen LogP contribution is 2.26. The van der Waals surface area contributed by atoms with Gasteiger partial charge in [0.15, 0.2) is 5.16 Å².